The number of hydrogen-bond donors (Lipinski definition) is 1. The van der Waals surface area contributed by atoms with Gasteiger partial charge in [-0.3, -0.25) is 4.68 Å². The number of rotatable bonds is 6. The molecule has 0 aliphatic rings. The van der Waals surface area contributed by atoms with E-state index in [9.17, 15) is 0 Å². The highest BCUT2D eigenvalue weighted by atomic mass is 16.5. The first-order valence-electron chi connectivity index (χ1n) is 7.06. The Kier molecular flexibility index (Phi) is 4.79. The van der Waals surface area contributed by atoms with Gasteiger partial charge in [0.25, 0.3) is 0 Å². The fraction of sp³-hybridized carbons (Fsp3) is 0.438. The SMILES string of the molecule is CCn1cc(C(C)N[C@H](C)c2cccc(OC)c2)cn1. The van der Waals surface area contributed by atoms with E-state index in [0.717, 1.165) is 12.3 Å². The summed E-state index contributed by atoms with van der Waals surface area (Å²) in [6.45, 7) is 7.31. The Labute approximate surface area is 120 Å². The van der Waals surface area contributed by atoms with Crippen molar-refractivity contribution in [2.75, 3.05) is 7.11 Å². The quantitative estimate of drug-likeness (QED) is 0.877. The molecule has 0 fully saturated rings. The summed E-state index contributed by atoms with van der Waals surface area (Å²) in [4.78, 5) is 0. The molecule has 0 aliphatic heterocycles. The molecule has 108 valence electrons. The van der Waals surface area contributed by atoms with Gasteiger partial charge in [-0.2, -0.15) is 5.10 Å². The second kappa shape index (κ2) is 6.57. The van der Waals surface area contributed by atoms with E-state index < -0.39 is 0 Å². The van der Waals surface area contributed by atoms with Crippen molar-refractivity contribution in [1.82, 2.24) is 15.1 Å². The molecule has 0 spiro atoms. The lowest BCUT2D eigenvalue weighted by Crippen LogP contribution is -2.22. The number of ether oxygens (including phenoxy) is 1. The summed E-state index contributed by atoms with van der Waals surface area (Å²) in [7, 11) is 1.69. The van der Waals surface area contributed by atoms with Crippen LogP contribution in [0.5, 0.6) is 5.75 Å². The van der Waals surface area contributed by atoms with Crippen molar-refractivity contribution in [3.63, 3.8) is 0 Å². The zero-order valence-electron chi connectivity index (χ0n) is 12.6. The lowest BCUT2D eigenvalue weighted by atomic mass is 10.1. The Morgan fingerprint density at radius 3 is 2.65 bits per heavy atom. The monoisotopic (exact) mass is 273 g/mol. The van der Waals surface area contributed by atoms with Crippen LogP contribution in [0.25, 0.3) is 0 Å². The second-order valence-electron chi connectivity index (χ2n) is 5.02. The first-order valence-corrected chi connectivity index (χ1v) is 7.06. The number of hydrogen-bond acceptors (Lipinski definition) is 3. The Hall–Kier alpha value is -1.81. The van der Waals surface area contributed by atoms with E-state index in [1.807, 2.05) is 23.0 Å². The van der Waals surface area contributed by atoms with Crippen molar-refractivity contribution >= 4 is 0 Å². The average molecular weight is 273 g/mol. The molecule has 0 aliphatic carbocycles. The highest BCUT2D eigenvalue weighted by Crippen LogP contribution is 2.22. The van der Waals surface area contributed by atoms with Gasteiger partial charge in [0.05, 0.1) is 13.3 Å². The molecule has 2 atom stereocenters. The molecule has 2 aromatic rings. The van der Waals surface area contributed by atoms with Gasteiger partial charge in [-0.15, -0.1) is 0 Å². The summed E-state index contributed by atoms with van der Waals surface area (Å²) in [6.07, 6.45) is 4.02. The van der Waals surface area contributed by atoms with Crippen LogP contribution in [0.4, 0.5) is 0 Å². The average Bonchev–Trinajstić information content (AvgIpc) is 2.96. The molecular formula is C16H23N3O. The Morgan fingerprint density at radius 2 is 2.00 bits per heavy atom. The summed E-state index contributed by atoms with van der Waals surface area (Å²) in [5, 5.41) is 7.91. The molecule has 1 N–H and O–H groups in total. The summed E-state index contributed by atoms with van der Waals surface area (Å²) in [5.41, 5.74) is 2.43. The van der Waals surface area contributed by atoms with Crippen LogP contribution in [0.3, 0.4) is 0 Å². The molecule has 0 saturated carbocycles. The van der Waals surface area contributed by atoms with Crippen LogP contribution >= 0.6 is 0 Å². The largest absolute Gasteiger partial charge is 0.497 e. The van der Waals surface area contributed by atoms with Crippen molar-refractivity contribution in [1.29, 1.82) is 0 Å². The Balaban J connectivity index is 2.04. The maximum absolute atomic E-state index is 5.27. The third-order valence-corrected chi connectivity index (χ3v) is 3.57. The van der Waals surface area contributed by atoms with Gasteiger partial charge in [0, 0.05) is 30.4 Å². The summed E-state index contributed by atoms with van der Waals surface area (Å²) in [5.74, 6) is 0.891. The zero-order valence-corrected chi connectivity index (χ0v) is 12.6. The van der Waals surface area contributed by atoms with Crippen LogP contribution in [0.1, 0.15) is 44.0 Å². The van der Waals surface area contributed by atoms with E-state index in [1.54, 1.807) is 7.11 Å². The van der Waals surface area contributed by atoms with Crippen LogP contribution in [-0.4, -0.2) is 16.9 Å². The normalized spacial score (nSPS) is 14.0. The van der Waals surface area contributed by atoms with Crippen molar-refractivity contribution in [3.05, 3.63) is 47.8 Å². The Morgan fingerprint density at radius 1 is 1.25 bits per heavy atom. The van der Waals surface area contributed by atoms with Crippen LogP contribution in [0, 0.1) is 0 Å². The number of nitrogens with zero attached hydrogens (tertiary/aromatic N) is 2. The van der Waals surface area contributed by atoms with Crippen LogP contribution < -0.4 is 10.1 Å². The first-order chi connectivity index (χ1) is 9.63. The third-order valence-electron chi connectivity index (χ3n) is 3.57. The molecule has 1 aromatic heterocycles. The minimum atomic E-state index is 0.255. The van der Waals surface area contributed by atoms with E-state index in [1.165, 1.54) is 11.1 Å². The molecule has 0 bridgehead atoms. The topological polar surface area (TPSA) is 39.1 Å². The van der Waals surface area contributed by atoms with Gasteiger partial charge < -0.3 is 10.1 Å². The van der Waals surface area contributed by atoms with E-state index in [4.69, 9.17) is 4.74 Å². The minimum Gasteiger partial charge on any atom is -0.497 e. The van der Waals surface area contributed by atoms with E-state index in [0.29, 0.717) is 0 Å². The fourth-order valence-electron chi connectivity index (χ4n) is 2.25. The standard InChI is InChI=1S/C16H23N3O/c1-5-19-11-15(10-17-19)13(3)18-12(2)14-7-6-8-16(9-14)20-4/h6-13,18H,5H2,1-4H3/t12-,13?/m1/s1. The van der Waals surface area contributed by atoms with Crippen LogP contribution in [-0.2, 0) is 6.54 Å². The van der Waals surface area contributed by atoms with Crippen LogP contribution in [0.15, 0.2) is 36.7 Å². The molecule has 1 heterocycles. The molecule has 2 rings (SSSR count). The number of aromatic nitrogens is 2. The van der Waals surface area contributed by atoms with E-state index >= 15 is 0 Å². The molecule has 4 heteroatoms. The Bertz CT molecular complexity index is 550. The van der Waals surface area contributed by atoms with E-state index in [-0.39, 0.29) is 12.1 Å². The van der Waals surface area contributed by atoms with Crippen molar-refractivity contribution in [2.24, 2.45) is 0 Å². The van der Waals surface area contributed by atoms with Gasteiger partial charge in [0.1, 0.15) is 5.75 Å². The van der Waals surface area contributed by atoms with Crippen LogP contribution in [0.2, 0.25) is 0 Å². The van der Waals surface area contributed by atoms with Gasteiger partial charge in [-0.05, 0) is 38.5 Å². The van der Waals surface area contributed by atoms with Crippen molar-refractivity contribution in [3.8, 4) is 5.75 Å². The number of benzene rings is 1. The molecule has 20 heavy (non-hydrogen) atoms. The van der Waals surface area contributed by atoms with Crippen molar-refractivity contribution in [2.45, 2.75) is 39.4 Å². The molecule has 1 unspecified atom stereocenters. The van der Waals surface area contributed by atoms with Gasteiger partial charge in [0.2, 0.25) is 0 Å². The number of aryl methyl sites for hydroxylation is 1. The second-order valence-corrected chi connectivity index (χ2v) is 5.02. The fourth-order valence-corrected chi connectivity index (χ4v) is 2.25. The molecular weight excluding hydrogens is 250 g/mol. The number of nitrogens with one attached hydrogen (secondary N) is 1. The molecule has 0 amide bonds. The maximum Gasteiger partial charge on any atom is 0.119 e. The predicted molar refractivity (Wildman–Crippen MR) is 80.9 cm³/mol. The number of methoxy groups -OCH3 is 1. The van der Waals surface area contributed by atoms with Gasteiger partial charge in [-0.1, -0.05) is 12.1 Å². The summed E-state index contributed by atoms with van der Waals surface area (Å²) in [6, 6.07) is 8.68. The van der Waals surface area contributed by atoms with Crippen molar-refractivity contribution < 1.29 is 4.74 Å². The molecule has 4 nitrogen and oxygen atoms in total. The summed E-state index contributed by atoms with van der Waals surface area (Å²) >= 11 is 0. The van der Waals surface area contributed by atoms with Gasteiger partial charge >= 0.3 is 0 Å². The smallest absolute Gasteiger partial charge is 0.119 e. The first kappa shape index (κ1) is 14.6. The minimum absolute atomic E-state index is 0.255. The third kappa shape index (κ3) is 3.39. The van der Waals surface area contributed by atoms with E-state index in [2.05, 4.69) is 49.5 Å². The highest BCUT2D eigenvalue weighted by molar-refractivity contribution is 5.30. The molecule has 1 aromatic carbocycles. The van der Waals surface area contributed by atoms with Gasteiger partial charge in [-0.25, -0.2) is 0 Å². The molecule has 0 radical (unpaired) electrons. The maximum atomic E-state index is 5.27. The molecule has 0 saturated heterocycles. The predicted octanol–water partition coefficient (Wildman–Crippen LogP) is 3.32. The lowest BCUT2D eigenvalue weighted by molar-refractivity contribution is 0.412. The van der Waals surface area contributed by atoms with Gasteiger partial charge in [0.15, 0.2) is 0 Å². The zero-order chi connectivity index (χ0) is 14.5. The summed E-state index contributed by atoms with van der Waals surface area (Å²) < 4.78 is 7.22. The highest BCUT2D eigenvalue weighted by Gasteiger charge is 2.13. The lowest BCUT2D eigenvalue weighted by Gasteiger charge is -2.20.